The van der Waals surface area contributed by atoms with Crippen molar-refractivity contribution in [3.63, 3.8) is 0 Å². The van der Waals surface area contributed by atoms with Crippen molar-refractivity contribution in [3.8, 4) is 0 Å². The maximum absolute atomic E-state index is 11.1. The predicted molar refractivity (Wildman–Crippen MR) is 40.9 cm³/mol. The summed E-state index contributed by atoms with van der Waals surface area (Å²) >= 11 is 0. The van der Waals surface area contributed by atoms with Gasteiger partial charge in [-0.15, -0.1) is 0 Å². The summed E-state index contributed by atoms with van der Waals surface area (Å²) in [5, 5.41) is 3.28. The normalized spacial score (nSPS) is 40.1. The first-order valence-corrected chi connectivity index (χ1v) is 3.83. The van der Waals surface area contributed by atoms with E-state index >= 15 is 0 Å². The third-order valence-corrected chi connectivity index (χ3v) is 2.42. The van der Waals surface area contributed by atoms with Crippen molar-refractivity contribution in [2.24, 2.45) is 0 Å². The van der Waals surface area contributed by atoms with Crippen molar-refractivity contribution in [1.29, 1.82) is 0 Å². The minimum absolute atomic E-state index is 0.223. The van der Waals surface area contributed by atoms with Gasteiger partial charge in [-0.25, -0.2) is 0 Å². The van der Waals surface area contributed by atoms with Crippen LogP contribution in [0.3, 0.4) is 0 Å². The number of carbonyl (C=O) groups excluding carboxylic acids is 1. The van der Waals surface area contributed by atoms with Gasteiger partial charge in [0.25, 0.3) is 0 Å². The Morgan fingerprint density at radius 3 is 2.50 bits per heavy atom. The maximum Gasteiger partial charge on any atom is 0.149 e. The summed E-state index contributed by atoms with van der Waals surface area (Å²) < 4.78 is 0. The van der Waals surface area contributed by atoms with Crippen molar-refractivity contribution in [2.45, 2.75) is 45.2 Å². The molecule has 0 aromatic rings. The first kappa shape index (κ1) is 7.73. The maximum atomic E-state index is 11.1. The average molecular weight is 141 g/mol. The van der Waals surface area contributed by atoms with Crippen molar-refractivity contribution < 1.29 is 4.79 Å². The van der Waals surface area contributed by atoms with Crippen LogP contribution >= 0.6 is 0 Å². The molecule has 0 radical (unpaired) electrons. The lowest BCUT2D eigenvalue weighted by Gasteiger charge is -2.21. The number of hydrogen-bond acceptors (Lipinski definition) is 2. The highest BCUT2D eigenvalue weighted by Crippen LogP contribution is 2.23. The molecule has 1 aliphatic rings. The topological polar surface area (TPSA) is 29.1 Å². The third kappa shape index (κ3) is 1.21. The largest absolute Gasteiger partial charge is 0.303 e. The Morgan fingerprint density at radius 2 is 2.30 bits per heavy atom. The van der Waals surface area contributed by atoms with Gasteiger partial charge in [-0.05, 0) is 33.6 Å². The van der Waals surface area contributed by atoms with Gasteiger partial charge in [0, 0.05) is 6.04 Å². The van der Waals surface area contributed by atoms with Crippen LogP contribution < -0.4 is 5.32 Å². The number of rotatable bonds is 1. The highest BCUT2D eigenvalue weighted by Gasteiger charge is 2.35. The molecule has 1 aliphatic heterocycles. The Hall–Kier alpha value is -0.370. The van der Waals surface area contributed by atoms with E-state index < -0.39 is 0 Å². The first-order chi connectivity index (χ1) is 4.54. The SMILES string of the molecule is CC(=O)C1(C)CCC(C)N1. The van der Waals surface area contributed by atoms with Gasteiger partial charge in [-0.2, -0.15) is 0 Å². The van der Waals surface area contributed by atoms with Crippen LogP contribution in [-0.4, -0.2) is 17.4 Å². The Morgan fingerprint density at radius 1 is 1.70 bits per heavy atom. The number of nitrogens with one attached hydrogen (secondary N) is 1. The van der Waals surface area contributed by atoms with Crippen LogP contribution in [0.1, 0.15) is 33.6 Å². The van der Waals surface area contributed by atoms with E-state index in [1.165, 1.54) is 0 Å². The predicted octanol–water partition coefficient (Wildman–Crippen LogP) is 1.11. The van der Waals surface area contributed by atoms with Crippen molar-refractivity contribution in [3.05, 3.63) is 0 Å². The second-order valence-corrected chi connectivity index (χ2v) is 3.47. The monoisotopic (exact) mass is 141 g/mol. The van der Waals surface area contributed by atoms with E-state index in [0.29, 0.717) is 6.04 Å². The van der Waals surface area contributed by atoms with E-state index in [4.69, 9.17) is 0 Å². The molecular weight excluding hydrogens is 126 g/mol. The molecule has 0 bridgehead atoms. The number of ketones is 1. The molecule has 2 heteroatoms. The van der Waals surface area contributed by atoms with Gasteiger partial charge in [-0.1, -0.05) is 0 Å². The molecule has 0 amide bonds. The fourth-order valence-corrected chi connectivity index (χ4v) is 1.47. The summed E-state index contributed by atoms with van der Waals surface area (Å²) in [5.41, 5.74) is -0.223. The molecular formula is C8H15NO. The Balaban J connectivity index is 2.63. The van der Waals surface area contributed by atoms with Gasteiger partial charge < -0.3 is 5.32 Å². The molecule has 10 heavy (non-hydrogen) atoms. The lowest BCUT2D eigenvalue weighted by molar-refractivity contribution is -0.122. The zero-order chi connectivity index (χ0) is 7.78. The highest BCUT2D eigenvalue weighted by molar-refractivity contribution is 5.86. The lowest BCUT2D eigenvalue weighted by atomic mass is 9.96. The molecule has 2 nitrogen and oxygen atoms in total. The molecule has 0 saturated carbocycles. The van der Waals surface area contributed by atoms with Gasteiger partial charge in [-0.3, -0.25) is 4.79 Å². The van der Waals surface area contributed by atoms with Crippen LogP contribution in [0, 0.1) is 0 Å². The summed E-state index contributed by atoms with van der Waals surface area (Å²) in [6.45, 7) is 5.76. The fourth-order valence-electron chi connectivity index (χ4n) is 1.47. The molecule has 2 unspecified atom stereocenters. The van der Waals surface area contributed by atoms with E-state index in [9.17, 15) is 4.79 Å². The van der Waals surface area contributed by atoms with Crippen LogP contribution in [0.5, 0.6) is 0 Å². The van der Waals surface area contributed by atoms with Gasteiger partial charge in [0.1, 0.15) is 5.78 Å². The number of hydrogen-bond donors (Lipinski definition) is 1. The van der Waals surface area contributed by atoms with Gasteiger partial charge >= 0.3 is 0 Å². The molecule has 0 aliphatic carbocycles. The molecule has 2 atom stereocenters. The molecule has 1 saturated heterocycles. The van der Waals surface area contributed by atoms with Crippen LogP contribution in [0.4, 0.5) is 0 Å². The van der Waals surface area contributed by atoms with E-state index in [0.717, 1.165) is 12.8 Å². The molecule has 1 fully saturated rings. The molecule has 0 aromatic carbocycles. The van der Waals surface area contributed by atoms with Crippen LogP contribution in [0.2, 0.25) is 0 Å². The Labute approximate surface area is 62.0 Å². The molecule has 0 aromatic heterocycles. The van der Waals surface area contributed by atoms with Gasteiger partial charge in [0.15, 0.2) is 0 Å². The zero-order valence-corrected chi connectivity index (χ0v) is 6.90. The minimum Gasteiger partial charge on any atom is -0.303 e. The second kappa shape index (κ2) is 2.35. The number of carbonyl (C=O) groups is 1. The van der Waals surface area contributed by atoms with Crippen LogP contribution in [0.15, 0.2) is 0 Å². The molecule has 1 heterocycles. The molecule has 1 N–H and O–H groups in total. The van der Waals surface area contributed by atoms with Gasteiger partial charge in [0.05, 0.1) is 5.54 Å². The molecule has 58 valence electrons. The molecule has 0 spiro atoms. The summed E-state index contributed by atoms with van der Waals surface area (Å²) in [6.07, 6.45) is 2.11. The standard InChI is InChI=1S/C8H15NO/c1-6-4-5-8(3,9-6)7(2)10/h6,9H,4-5H2,1-3H3. The van der Waals surface area contributed by atoms with E-state index in [2.05, 4.69) is 12.2 Å². The average Bonchev–Trinajstić information content (AvgIpc) is 2.13. The first-order valence-electron chi connectivity index (χ1n) is 3.83. The van der Waals surface area contributed by atoms with Crippen molar-refractivity contribution >= 4 is 5.78 Å². The quantitative estimate of drug-likeness (QED) is 0.592. The van der Waals surface area contributed by atoms with Gasteiger partial charge in [0.2, 0.25) is 0 Å². The van der Waals surface area contributed by atoms with Crippen LogP contribution in [-0.2, 0) is 4.79 Å². The van der Waals surface area contributed by atoms with E-state index in [1.54, 1.807) is 6.92 Å². The van der Waals surface area contributed by atoms with E-state index in [-0.39, 0.29) is 11.3 Å². The zero-order valence-electron chi connectivity index (χ0n) is 6.90. The third-order valence-electron chi connectivity index (χ3n) is 2.42. The van der Waals surface area contributed by atoms with Crippen molar-refractivity contribution in [2.75, 3.05) is 0 Å². The Bertz CT molecular complexity index is 155. The summed E-state index contributed by atoms with van der Waals surface area (Å²) in [4.78, 5) is 11.1. The smallest absolute Gasteiger partial charge is 0.149 e. The lowest BCUT2D eigenvalue weighted by Crippen LogP contribution is -2.45. The van der Waals surface area contributed by atoms with E-state index in [1.807, 2.05) is 6.92 Å². The second-order valence-electron chi connectivity index (χ2n) is 3.47. The van der Waals surface area contributed by atoms with Crippen molar-refractivity contribution in [1.82, 2.24) is 5.32 Å². The minimum atomic E-state index is -0.223. The summed E-state index contributed by atoms with van der Waals surface area (Å²) in [5.74, 6) is 0.261. The van der Waals surface area contributed by atoms with Crippen LogP contribution in [0.25, 0.3) is 0 Å². The molecule has 1 rings (SSSR count). The summed E-state index contributed by atoms with van der Waals surface area (Å²) in [7, 11) is 0. The fraction of sp³-hybridized carbons (Fsp3) is 0.875. The summed E-state index contributed by atoms with van der Waals surface area (Å²) in [6, 6.07) is 0.508. The highest BCUT2D eigenvalue weighted by atomic mass is 16.1. The Kier molecular flexibility index (Phi) is 1.82. The number of Topliss-reactive ketones (excluding diaryl/α,β-unsaturated/α-hetero) is 1.